The minimum absolute atomic E-state index is 0.652. The van der Waals surface area contributed by atoms with Gasteiger partial charge in [0.1, 0.15) is 0 Å². The molecule has 0 bridgehead atoms. The van der Waals surface area contributed by atoms with E-state index in [1.807, 2.05) is 0 Å². The van der Waals surface area contributed by atoms with Crippen LogP contribution in [-0.2, 0) is 0 Å². The molecule has 0 aliphatic heterocycles. The Balaban J connectivity index is 3.44. The van der Waals surface area contributed by atoms with Crippen LogP contribution in [-0.4, -0.2) is 17.4 Å². The van der Waals surface area contributed by atoms with Crippen molar-refractivity contribution in [3.8, 4) is 0 Å². The van der Waals surface area contributed by atoms with E-state index >= 15 is 0 Å². The number of hydrogen-bond acceptors (Lipinski definition) is 1. The lowest BCUT2D eigenvalue weighted by atomic mass is 10.1. The molecule has 0 saturated carbocycles. The highest BCUT2D eigenvalue weighted by molar-refractivity contribution is 9.09. The van der Waals surface area contributed by atoms with E-state index in [4.69, 9.17) is 0 Å². The molecule has 1 nitrogen and oxygen atoms in total. The lowest BCUT2D eigenvalue weighted by molar-refractivity contribution is 0.419. The Morgan fingerprint density at radius 1 is 1.27 bits per heavy atom. The average molecular weight is 222 g/mol. The molecule has 0 amide bonds. The Hall–Kier alpha value is 0.440. The van der Waals surface area contributed by atoms with E-state index in [1.165, 1.54) is 19.3 Å². The summed E-state index contributed by atoms with van der Waals surface area (Å²) in [6.07, 6.45) is 3.70. The SMILES string of the molecule is CCC(CC)NC(C)CCBr. The van der Waals surface area contributed by atoms with Crippen molar-refractivity contribution in [2.45, 2.75) is 52.1 Å². The summed E-state index contributed by atoms with van der Waals surface area (Å²) in [5.41, 5.74) is 0. The highest BCUT2D eigenvalue weighted by Crippen LogP contribution is 2.01. The molecule has 0 saturated heterocycles. The molecule has 1 N–H and O–H groups in total. The fourth-order valence-electron chi connectivity index (χ4n) is 1.17. The predicted octanol–water partition coefficient (Wildman–Crippen LogP) is 2.94. The van der Waals surface area contributed by atoms with Gasteiger partial charge in [-0.2, -0.15) is 0 Å². The molecule has 0 aliphatic rings. The van der Waals surface area contributed by atoms with Crippen molar-refractivity contribution in [1.82, 2.24) is 5.32 Å². The van der Waals surface area contributed by atoms with Crippen LogP contribution in [0.25, 0.3) is 0 Å². The first-order valence-corrected chi connectivity index (χ1v) is 5.68. The van der Waals surface area contributed by atoms with Gasteiger partial charge in [-0.25, -0.2) is 0 Å². The third kappa shape index (κ3) is 5.68. The Bertz CT molecular complexity index is 81.6. The van der Waals surface area contributed by atoms with Gasteiger partial charge < -0.3 is 5.32 Å². The Morgan fingerprint density at radius 2 is 1.82 bits per heavy atom. The molecule has 0 spiro atoms. The van der Waals surface area contributed by atoms with Crippen molar-refractivity contribution in [2.24, 2.45) is 0 Å². The number of halogens is 1. The van der Waals surface area contributed by atoms with Crippen molar-refractivity contribution < 1.29 is 0 Å². The molecule has 2 heteroatoms. The van der Waals surface area contributed by atoms with E-state index < -0.39 is 0 Å². The third-order valence-corrected chi connectivity index (χ3v) is 2.51. The van der Waals surface area contributed by atoms with Crippen molar-refractivity contribution in [2.75, 3.05) is 5.33 Å². The fraction of sp³-hybridized carbons (Fsp3) is 1.00. The van der Waals surface area contributed by atoms with Crippen molar-refractivity contribution in [3.05, 3.63) is 0 Å². The molecule has 1 unspecified atom stereocenters. The monoisotopic (exact) mass is 221 g/mol. The normalized spacial score (nSPS) is 13.9. The van der Waals surface area contributed by atoms with E-state index in [-0.39, 0.29) is 0 Å². The molecule has 0 heterocycles. The van der Waals surface area contributed by atoms with Crippen LogP contribution >= 0.6 is 15.9 Å². The molecule has 0 aliphatic carbocycles. The smallest absolute Gasteiger partial charge is 0.00642 e. The third-order valence-electron chi connectivity index (χ3n) is 2.05. The Kier molecular flexibility index (Phi) is 7.39. The highest BCUT2D eigenvalue weighted by Gasteiger charge is 2.06. The minimum Gasteiger partial charge on any atom is -0.311 e. The van der Waals surface area contributed by atoms with E-state index in [0.29, 0.717) is 12.1 Å². The molecule has 11 heavy (non-hydrogen) atoms. The van der Waals surface area contributed by atoms with Crippen LogP contribution in [0.3, 0.4) is 0 Å². The van der Waals surface area contributed by atoms with Gasteiger partial charge >= 0.3 is 0 Å². The topological polar surface area (TPSA) is 12.0 Å². The van der Waals surface area contributed by atoms with Crippen LogP contribution in [0.1, 0.15) is 40.0 Å². The van der Waals surface area contributed by atoms with Crippen molar-refractivity contribution in [1.29, 1.82) is 0 Å². The molecule has 68 valence electrons. The van der Waals surface area contributed by atoms with E-state index in [9.17, 15) is 0 Å². The average Bonchev–Trinajstić information content (AvgIpc) is 2.01. The lowest BCUT2D eigenvalue weighted by Crippen LogP contribution is -2.35. The molecular formula is C9H20BrN. The second-order valence-corrected chi connectivity index (χ2v) is 3.85. The van der Waals surface area contributed by atoms with Crippen LogP contribution in [0.2, 0.25) is 0 Å². The summed E-state index contributed by atoms with van der Waals surface area (Å²) in [6, 6.07) is 1.36. The summed E-state index contributed by atoms with van der Waals surface area (Å²) < 4.78 is 0. The van der Waals surface area contributed by atoms with Crippen LogP contribution in [0.15, 0.2) is 0 Å². The van der Waals surface area contributed by atoms with Crippen LogP contribution in [0.5, 0.6) is 0 Å². The van der Waals surface area contributed by atoms with E-state index in [0.717, 1.165) is 5.33 Å². The lowest BCUT2D eigenvalue weighted by Gasteiger charge is -2.20. The van der Waals surface area contributed by atoms with Gasteiger partial charge in [0.05, 0.1) is 0 Å². The van der Waals surface area contributed by atoms with Crippen LogP contribution < -0.4 is 5.32 Å². The van der Waals surface area contributed by atoms with Gasteiger partial charge in [-0.1, -0.05) is 29.8 Å². The summed E-state index contributed by atoms with van der Waals surface area (Å²) in [7, 11) is 0. The van der Waals surface area contributed by atoms with Gasteiger partial charge in [0, 0.05) is 17.4 Å². The van der Waals surface area contributed by atoms with Gasteiger partial charge in [-0.3, -0.25) is 0 Å². The summed E-state index contributed by atoms with van der Waals surface area (Å²) in [6.45, 7) is 6.73. The van der Waals surface area contributed by atoms with Gasteiger partial charge in [0.25, 0.3) is 0 Å². The molecule has 0 aromatic rings. The van der Waals surface area contributed by atoms with Gasteiger partial charge in [-0.15, -0.1) is 0 Å². The quantitative estimate of drug-likeness (QED) is 0.681. The number of alkyl halides is 1. The zero-order chi connectivity index (χ0) is 8.69. The molecule has 0 radical (unpaired) electrons. The fourth-order valence-corrected chi connectivity index (χ4v) is 1.86. The van der Waals surface area contributed by atoms with E-state index in [2.05, 4.69) is 42.0 Å². The van der Waals surface area contributed by atoms with Crippen molar-refractivity contribution >= 4 is 15.9 Å². The highest BCUT2D eigenvalue weighted by atomic mass is 79.9. The first kappa shape index (κ1) is 11.4. The number of rotatable bonds is 6. The van der Waals surface area contributed by atoms with Crippen molar-refractivity contribution in [3.63, 3.8) is 0 Å². The minimum atomic E-state index is 0.652. The number of nitrogens with one attached hydrogen (secondary N) is 1. The zero-order valence-corrected chi connectivity index (χ0v) is 9.45. The maximum Gasteiger partial charge on any atom is 0.00642 e. The number of hydrogen-bond donors (Lipinski definition) is 1. The van der Waals surface area contributed by atoms with Crippen LogP contribution in [0, 0.1) is 0 Å². The summed E-state index contributed by atoms with van der Waals surface area (Å²) >= 11 is 3.44. The standard InChI is InChI=1S/C9H20BrN/c1-4-9(5-2)11-8(3)6-7-10/h8-9,11H,4-7H2,1-3H3. The second-order valence-electron chi connectivity index (χ2n) is 3.06. The summed E-state index contributed by atoms with van der Waals surface area (Å²) in [4.78, 5) is 0. The van der Waals surface area contributed by atoms with Gasteiger partial charge in [0.15, 0.2) is 0 Å². The van der Waals surface area contributed by atoms with E-state index in [1.54, 1.807) is 0 Å². The summed E-state index contributed by atoms with van der Waals surface area (Å²) in [5.74, 6) is 0. The molecule has 0 aromatic heterocycles. The van der Waals surface area contributed by atoms with Gasteiger partial charge in [-0.05, 0) is 26.2 Å². The molecule has 0 rings (SSSR count). The zero-order valence-electron chi connectivity index (χ0n) is 7.86. The Labute approximate surface area is 79.1 Å². The van der Waals surface area contributed by atoms with Crippen LogP contribution in [0.4, 0.5) is 0 Å². The molecule has 0 fully saturated rings. The largest absolute Gasteiger partial charge is 0.311 e. The first-order valence-electron chi connectivity index (χ1n) is 4.56. The maximum atomic E-state index is 3.59. The second kappa shape index (κ2) is 7.11. The molecular weight excluding hydrogens is 202 g/mol. The molecule has 1 atom stereocenters. The molecule has 0 aromatic carbocycles. The summed E-state index contributed by atoms with van der Waals surface area (Å²) in [5, 5.41) is 4.69. The first-order chi connectivity index (χ1) is 5.24. The Morgan fingerprint density at radius 3 is 2.18 bits per heavy atom. The maximum absolute atomic E-state index is 3.59. The van der Waals surface area contributed by atoms with Gasteiger partial charge in [0.2, 0.25) is 0 Å². The predicted molar refractivity (Wildman–Crippen MR) is 55.4 cm³/mol.